The first-order valence-electron chi connectivity index (χ1n) is 5.55. The maximum Gasteiger partial charge on any atom is 0.118 e. The molecule has 1 nitrogen and oxygen atoms in total. The number of hydrogen-bond acceptors (Lipinski definition) is 1. The van der Waals surface area contributed by atoms with Crippen molar-refractivity contribution in [1.29, 1.82) is 0 Å². The fourth-order valence-electron chi connectivity index (χ4n) is 1.82. The third-order valence-electron chi connectivity index (χ3n) is 3.30. The zero-order valence-corrected chi connectivity index (χ0v) is 10.7. The van der Waals surface area contributed by atoms with Crippen molar-refractivity contribution < 1.29 is 4.74 Å². The highest BCUT2D eigenvalue weighted by molar-refractivity contribution is 6.48. The Balaban J connectivity index is 2.12. The van der Waals surface area contributed by atoms with Crippen LogP contribution in [0, 0.1) is 11.3 Å². The van der Waals surface area contributed by atoms with E-state index in [4.69, 9.17) is 16.3 Å². The summed E-state index contributed by atoms with van der Waals surface area (Å²) >= 11 is 6.28. The number of ether oxygens (including phenoxy) is 1. The van der Waals surface area contributed by atoms with Crippen LogP contribution in [-0.4, -0.2) is 7.11 Å². The predicted octanol–water partition coefficient (Wildman–Crippen LogP) is 4.32. The van der Waals surface area contributed by atoms with Crippen LogP contribution < -0.4 is 4.74 Å². The van der Waals surface area contributed by atoms with Gasteiger partial charge in [0.05, 0.1) is 7.11 Å². The number of benzene rings is 1. The van der Waals surface area contributed by atoms with Crippen molar-refractivity contribution in [2.24, 2.45) is 11.3 Å². The summed E-state index contributed by atoms with van der Waals surface area (Å²) in [6, 6.07) is 7.85. The number of rotatable bonds is 3. The van der Waals surface area contributed by atoms with Gasteiger partial charge in [-0.3, -0.25) is 0 Å². The van der Waals surface area contributed by atoms with Crippen LogP contribution >= 0.6 is 11.6 Å². The lowest BCUT2D eigenvalue weighted by atomic mass is 10.1. The largest absolute Gasteiger partial charge is 0.497 e. The van der Waals surface area contributed by atoms with E-state index in [1.165, 1.54) is 6.42 Å². The first kappa shape index (κ1) is 11.5. The molecule has 2 heteroatoms. The molecule has 2 rings (SSSR count). The van der Waals surface area contributed by atoms with E-state index in [2.05, 4.69) is 19.9 Å². The van der Waals surface area contributed by atoms with Gasteiger partial charge in [-0.15, -0.1) is 0 Å². The summed E-state index contributed by atoms with van der Waals surface area (Å²) in [5.74, 6) is 1.49. The summed E-state index contributed by atoms with van der Waals surface area (Å²) < 4.78 is 5.11. The van der Waals surface area contributed by atoms with Gasteiger partial charge in [0.2, 0.25) is 0 Å². The number of halogens is 1. The lowest BCUT2D eigenvalue weighted by Crippen LogP contribution is -1.87. The summed E-state index contributed by atoms with van der Waals surface area (Å²) in [5, 5.41) is 0.846. The van der Waals surface area contributed by atoms with Gasteiger partial charge in [0, 0.05) is 5.03 Å². The highest BCUT2D eigenvalue weighted by Crippen LogP contribution is 2.53. The summed E-state index contributed by atoms with van der Waals surface area (Å²) in [6.45, 7) is 4.54. The van der Waals surface area contributed by atoms with E-state index < -0.39 is 0 Å². The molecule has 0 aromatic heterocycles. The molecule has 1 unspecified atom stereocenters. The molecule has 0 aliphatic heterocycles. The molecule has 0 radical (unpaired) electrons. The van der Waals surface area contributed by atoms with Crippen molar-refractivity contribution in [2.45, 2.75) is 20.3 Å². The molecular weight excluding hydrogens is 220 g/mol. The first-order chi connectivity index (χ1) is 7.53. The second-order valence-corrected chi connectivity index (χ2v) is 5.45. The smallest absolute Gasteiger partial charge is 0.118 e. The van der Waals surface area contributed by atoms with E-state index in [1.807, 2.05) is 24.3 Å². The van der Waals surface area contributed by atoms with Gasteiger partial charge in [-0.1, -0.05) is 31.5 Å². The van der Waals surface area contributed by atoms with Crippen LogP contribution in [0.15, 0.2) is 30.3 Å². The molecule has 0 bridgehead atoms. The number of hydrogen-bond donors (Lipinski definition) is 0. The fraction of sp³-hybridized carbons (Fsp3) is 0.429. The highest BCUT2D eigenvalue weighted by Gasteiger charge is 2.43. The summed E-state index contributed by atoms with van der Waals surface area (Å²) in [7, 11) is 1.67. The van der Waals surface area contributed by atoms with Crippen LogP contribution in [0.4, 0.5) is 0 Å². The van der Waals surface area contributed by atoms with Crippen molar-refractivity contribution in [1.82, 2.24) is 0 Å². The summed E-state index contributed by atoms with van der Waals surface area (Å²) in [4.78, 5) is 0. The maximum absolute atomic E-state index is 6.28. The molecule has 1 aromatic rings. The molecule has 1 aliphatic rings. The molecule has 1 atom stereocenters. The SMILES string of the molecule is COc1ccc(C(Cl)=CC2CC2(C)C)cc1. The lowest BCUT2D eigenvalue weighted by molar-refractivity contribution is 0.415. The molecule has 1 saturated carbocycles. The molecule has 0 saturated heterocycles. The normalized spacial score (nSPS) is 23.0. The zero-order chi connectivity index (χ0) is 11.8. The van der Waals surface area contributed by atoms with E-state index in [9.17, 15) is 0 Å². The topological polar surface area (TPSA) is 9.23 Å². The Labute approximate surface area is 102 Å². The molecule has 0 spiro atoms. The Hall–Kier alpha value is -0.950. The average Bonchev–Trinajstić information content (AvgIpc) is 2.86. The van der Waals surface area contributed by atoms with Gasteiger partial charge < -0.3 is 4.74 Å². The maximum atomic E-state index is 6.28. The minimum atomic E-state index is 0.437. The van der Waals surface area contributed by atoms with Gasteiger partial charge in [0.25, 0.3) is 0 Å². The average molecular weight is 237 g/mol. The van der Waals surface area contributed by atoms with Gasteiger partial charge in [-0.2, -0.15) is 0 Å². The molecular formula is C14H17ClO. The molecule has 0 N–H and O–H groups in total. The van der Waals surface area contributed by atoms with Crippen LogP contribution in [0.5, 0.6) is 5.75 Å². The van der Waals surface area contributed by atoms with Crippen LogP contribution in [0.1, 0.15) is 25.8 Å². The lowest BCUT2D eigenvalue weighted by Gasteiger charge is -2.03. The van der Waals surface area contributed by atoms with E-state index in [1.54, 1.807) is 7.11 Å². The van der Waals surface area contributed by atoms with Gasteiger partial charge >= 0.3 is 0 Å². The minimum Gasteiger partial charge on any atom is -0.497 e. The van der Waals surface area contributed by atoms with Gasteiger partial charge in [-0.25, -0.2) is 0 Å². The number of allylic oxidation sites excluding steroid dienone is 1. The van der Waals surface area contributed by atoms with E-state index in [0.717, 1.165) is 16.3 Å². The third-order valence-corrected chi connectivity index (χ3v) is 3.65. The quantitative estimate of drug-likeness (QED) is 0.760. The molecule has 1 fully saturated rings. The first-order valence-corrected chi connectivity index (χ1v) is 5.92. The second kappa shape index (κ2) is 4.14. The molecule has 1 aliphatic carbocycles. The van der Waals surface area contributed by atoms with Crippen LogP contribution in [-0.2, 0) is 0 Å². The predicted molar refractivity (Wildman–Crippen MR) is 68.7 cm³/mol. The third kappa shape index (κ3) is 2.41. The molecule has 0 heterocycles. The standard InChI is InChI=1S/C14H17ClO/c1-14(2)9-11(14)8-13(15)10-4-6-12(16-3)7-5-10/h4-8,11H,9H2,1-3H3. The molecule has 0 amide bonds. The van der Waals surface area contributed by atoms with E-state index >= 15 is 0 Å². The van der Waals surface area contributed by atoms with Crippen LogP contribution in [0.25, 0.3) is 5.03 Å². The van der Waals surface area contributed by atoms with Crippen LogP contribution in [0.3, 0.4) is 0 Å². The van der Waals surface area contributed by atoms with Crippen molar-refractivity contribution in [3.63, 3.8) is 0 Å². The van der Waals surface area contributed by atoms with Gasteiger partial charge in [0.15, 0.2) is 0 Å². The molecule has 86 valence electrons. The zero-order valence-electron chi connectivity index (χ0n) is 9.96. The van der Waals surface area contributed by atoms with Crippen molar-refractivity contribution in [3.05, 3.63) is 35.9 Å². The highest BCUT2D eigenvalue weighted by atomic mass is 35.5. The monoisotopic (exact) mass is 236 g/mol. The summed E-state index contributed by atoms with van der Waals surface area (Å²) in [5.41, 5.74) is 1.50. The van der Waals surface area contributed by atoms with Gasteiger partial charge in [0.1, 0.15) is 5.75 Å². The summed E-state index contributed by atoms with van der Waals surface area (Å²) in [6.07, 6.45) is 3.41. The molecule has 1 aromatic carbocycles. The molecule has 16 heavy (non-hydrogen) atoms. The Kier molecular flexibility index (Phi) is 2.98. The Bertz CT molecular complexity index is 403. The van der Waals surface area contributed by atoms with Crippen molar-refractivity contribution in [2.75, 3.05) is 7.11 Å². The Morgan fingerprint density at radius 2 is 1.94 bits per heavy atom. The Morgan fingerprint density at radius 3 is 2.38 bits per heavy atom. The van der Waals surface area contributed by atoms with E-state index in [-0.39, 0.29) is 0 Å². The van der Waals surface area contributed by atoms with Gasteiger partial charge in [-0.05, 0) is 47.6 Å². The minimum absolute atomic E-state index is 0.437. The Morgan fingerprint density at radius 1 is 1.38 bits per heavy atom. The van der Waals surface area contributed by atoms with E-state index in [0.29, 0.717) is 11.3 Å². The van der Waals surface area contributed by atoms with Crippen molar-refractivity contribution >= 4 is 16.6 Å². The second-order valence-electron chi connectivity index (χ2n) is 5.04. The fourth-order valence-corrected chi connectivity index (χ4v) is 2.09. The van der Waals surface area contributed by atoms with Crippen molar-refractivity contribution in [3.8, 4) is 5.75 Å². The number of methoxy groups -OCH3 is 1. The van der Waals surface area contributed by atoms with Crippen LogP contribution in [0.2, 0.25) is 0 Å².